The standard InChI is InChI=1S/C27H32N6OS/c1-17-12-19(7-9-30-17)26(29)23-13-20-15-33(27(34)31-25(20)14-24(23)28)21-4-3-10-32(16-21)11-8-22-6-5-18(2)35-22/h5-7,9,12-14,21,29H,3-4,8,10-11,15-16,28H2,1-2H3,(H,31,34). The van der Waals surface area contributed by atoms with Crippen LogP contribution in [0.15, 0.2) is 42.6 Å². The maximum atomic E-state index is 13.0. The maximum Gasteiger partial charge on any atom is 0.322 e. The summed E-state index contributed by atoms with van der Waals surface area (Å²) in [4.78, 5) is 24.5. The molecule has 182 valence electrons. The number of urea groups is 1. The van der Waals surface area contributed by atoms with Gasteiger partial charge in [0.05, 0.1) is 5.71 Å². The molecule has 1 atom stereocenters. The van der Waals surface area contributed by atoms with Gasteiger partial charge in [-0.3, -0.25) is 10.4 Å². The fourth-order valence-corrected chi connectivity index (χ4v) is 5.97. The summed E-state index contributed by atoms with van der Waals surface area (Å²) in [6, 6.07) is 12.0. The van der Waals surface area contributed by atoms with E-state index in [0.717, 1.165) is 61.4 Å². The lowest BCUT2D eigenvalue weighted by Gasteiger charge is -2.41. The number of thiophene rings is 1. The largest absolute Gasteiger partial charge is 0.398 e. The Labute approximate surface area is 210 Å². The van der Waals surface area contributed by atoms with Gasteiger partial charge in [-0.15, -0.1) is 11.3 Å². The second-order valence-corrected chi connectivity index (χ2v) is 10.9. The Balaban J connectivity index is 1.31. The lowest BCUT2D eigenvalue weighted by atomic mass is 9.96. The first-order chi connectivity index (χ1) is 16.9. The van der Waals surface area contributed by atoms with E-state index < -0.39 is 0 Å². The van der Waals surface area contributed by atoms with E-state index in [0.29, 0.717) is 23.5 Å². The SMILES string of the molecule is Cc1cc(C(=N)c2cc3c(cc2N)NC(=O)N(C2CCCN(CCc4ccc(C)s4)C2)C3)ccn1. The number of nitrogen functional groups attached to an aromatic ring is 1. The number of hydrogen-bond donors (Lipinski definition) is 3. The van der Waals surface area contributed by atoms with E-state index in [1.807, 2.05) is 41.4 Å². The van der Waals surface area contributed by atoms with Crippen molar-refractivity contribution in [3.05, 3.63) is 74.7 Å². The Bertz CT molecular complexity index is 1270. The molecule has 2 aromatic heterocycles. The van der Waals surface area contributed by atoms with Crippen LogP contribution < -0.4 is 11.1 Å². The highest BCUT2D eigenvalue weighted by molar-refractivity contribution is 7.11. The molecule has 1 aromatic carbocycles. The van der Waals surface area contributed by atoms with Crippen LogP contribution in [-0.2, 0) is 13.0 Å². The minimum atomic E-state index is -0.0646. The molecule has 2 aliphatic rings. The number of hydrogen-bond acceptors (Lipinski definition) is 6. The first kappa shape index (κ1) is 23.5. The second kappa shape index (κ2) is 9.79. The molecule has 8 heteroatoms. The van der Waals surface area contributed by atoms with Gasteiger partial charge in [-0.05, 0) is 81.6 Å². The molecule has 4 heterocycles. The number of rotatable bonds is 6. The van der Waals surface area contributed by atoms with Gasteiger partial charge in [0, 0.05) is 69.8 Å². The zero-order chi connectivity index (χ0) is 24.5. The van der Waals surface area contributed by atoms with Crippen LogP contribution in [-0.4, -0.2) is 52.2 Å². The minimum Gasteiger partial charge on any atom is -0.398 e. The van der Waals surface area contributed by atoms with Gasteiger partial charge in [0.25, 0.3) is 0 Å². The number of nitrogens with zero attached hydrogens (tertiary/aromatic N) is 3. The van der Waals surface area contributed by atoms with Gasteiger partial charge in [0.2, 0.25) is 0 Å². The predicted octanol–water partition coefficient (Wildman–Crippen LogP) is 4.81. The van der Waals surface area contributed by atoms with Crippen LogP contribution in [0.4, 0.5) is 16.2 Å². The molecule has 4 N–H and O–H groups in total. The van der Waals surface area contributed by atoms with Gasteiger partial charge in [-0.2, -0.15) is 0 Å². The number of aryl methyl sites for hydroxylation is 2. The number of nitrogens with two attached hydrogens (primary N) is 1. The number of benzene rings is 1. The highest BCUT2D eigenvalue weighted by atomic mass is 32.1. The number of pyridine rings is 1. The Hall–Kier alpha value is -3.23. The van der Waals surface area contributed by atoms with E-state index in [4.69, 9.17) is 11.1 Å². The average Bonchev–Trinajstić information content (AvgIpc) is 3.27. The Morgan fingerprint density at radius 2 is 2.11 bits per heavy atom. The molecule has 1 unspecified atom stereocenters. The molecule has 7 nitrogen and oxygen atoms in total. The van der Waals surface area contributed by atoms with Crippen molar-refractivity contribution in [3.63, 3.8) is 0 Å². The molecule has 2 aliphatic heterocycles. The summed E-state index contributed by atoms with van der Waals surface area (Å²) in [5.74, 6) is 0. The zero-order valence-electron chi connectivity index (χ0n) is 20.3. The molecule has 1 saturated heterocycles. The fraction of sp³-hybridized carbons (Fsp3) is 0.370. The molecule has 3 aromatic rings. The number of fused-ring (bicyclic) bond motifs is 1. The molecule has 0 saturated carbocycles. The van der Waals surface area contributed by atoms with Crippen LogP contribution in [0.2, 0.25) is 0 Å². The molecular weight excluding hydrogens is 456 g/mol. The first-order valence-corrected chi connectivity index (χ1v) is 13.0. The molecule has 5 rings (SSSR count). The number of amides is 2. The molecule has 0 spiro atoms. The van der Waals surface area contributed by atoms with E-state index in [1.165, 1.54) is 9.75 Å². The molecule has 35 heavy (non-hydrogen) atoms. The van der Waals surface area contributed by atoms with Crippen molar-refractivity contribution >= 4 is 34.5 Å². The molecule has 2 amide bonds. The summed E-state index contributed by atoms with van der Waals surface area (Å²) < 4.78 is 0. The molecule has 0 aliphatic carbocycles. The van der Waals surface area contributed by atoms with Crippen LogP contribution in [0.1, 0.15) is 45.0 Å². The molecule has 0 radical (unpaired) electrons. The lowest BCUT2D eigenvalue weighted by Crippen LogP contribution is -2.52. The second-order valence-electron chi connectivity index (χ2n) is 9.57. The van der Waals surface area contributed by atoms with Crippen molar-refractivity contribution in [3.8, 4) is 0 Å². The van der Waals surface area contributed by atoms with Crippen LogP contribution in [0.5, 0.6) is 0 Å². The minimum absolute atomic E-state index is 0.0646. The highest BCUT2D eigenvalue weighted by Crippen LogP contribution is 2.32. The molecule has 0 bridgehead atoms. The molecule has 1 fully saturated rings. The van der Waals surface area contributed by atoms with E-state index in [-0.39, 0.29) is 12.1 Å². The predicted molar refractivity (Wildman–Crippen MR) is 143 cm³/mol. The van der Waals surface area contributed by atoms with Gasteiger partial charge in [-0.1, -0.05) is 0 Å². The van der Waals surface area contributed by atoms with Crippen LogP contribution in [0.3, 0.4) is 0 Å². The normalized spacial score (nSPS) is 18.3. The summed E-state index contributed by atoms with van der Waals surface area (Å²) >= 11 is 1.87. The number of aromatic nitrogens is 1. The molecular formula is C27H32N6OS. The van der Waals surface area contributed by atoms with Crippen LogP contribution >= 0.6 is 11.3 Å². The number of nitrogens with one attached hydrogen (secondary N) is 2. The first-order valence-electron chi connectivity index (χ1n) is 12.2. The van der Waals surface area contributed by atoms with E-state index in [9.17, 15) is 4.79 Å². The van der Waals surface area contributed by atoms with E-state index in [1.54, 1.807) is 12.3 Å². The number of likely N-dealkylation sites (tertiary alicyclic amines) is 1. The summed E-state index contributed by atoms with van der Waals surface area (Å²) in [6.45, 7) is 7.58. The average molecular weight is 489 g/mol. The number of carbonyl (C=O) groups excluding carboxylic acids is 1. The highest BCUT2D eigenvalue weighted by Gasteiger charge is 2.32. The quantitative estimate of drug-likeness (QED) is 0.342. The van der Waals surface area contributed by atoms with Gasteiger partial charge in [-0.25, -0.2) is 4.79 Å². The monoisotopic (exact) mass is 488 g/mol. The number of anilines is 2. The third-order valence-electron chi connectivity index (χ3n) is 6.97. The van der Waals surface area contributed by atoms with Crippen LogP contribution in [0, 0.1) is 19.3 Å². The van der Waals surface area contributed by atoms with Crippen LogP contribution in [0.25, 0.3) is 0 Å². The third kappa shape index (κ3) is 5.09. The van der Waals surface area contributed by atoms with Gasteiger partial charge >= 0.3 is 6.03 Å². The van der Waals surface area contributed by atoms with E-state index in [2.05, 4.69) is 34.3 Å². The third-order valence-corrected chi connectivity index (χ3v) is 8.03. The summed E-state index contributed by atoms with van der Waals surface area (Å²) in [7, 11) is 0. The Morgan fingerprint density at radius 1 is 1.26 bits per heavy atom. The smallest absolute Gasteiger partial charge is 0.322 e. The van der Waals surface area contributed by atoms with Crippen molar-refractivity contribution in [1.82, 2.24) is 14.8 Å². The van der Waals surface area contributed by atoms with Gasteiger partial charge < -0.3 is 20.9 Å². The van der Waals surface area contributed by atoms with Gasteiger partial charge in [0.15, 0.2) is 0 Å². The lowest BCUT2D eigenvalue weighted by molar-refractivity contribution is 0.113. The zero-order valence-corrected chi connectivity index (χ0v) is 21.1. The van der Waals surface area contributed by atoms with E-state index >= 15 is 0 Å². The Kier molecular flexibility index (Phi) is 6.58. The topological polar surface area (TPSA) is 98.3 Å². The Morgan fingerprint density at radius 3 is 2.89 bits per heavy atom. The van der Waals surface area contributed by atoms with Crippen molar-refractivity contribution < 1.29 is 4.79 Å². The summed E-state index contributed by atoms with van der Waals surface area (Å²) in [5.41, 5.74) is 11.2. The number of piperidine rings is 1. The summed E-state index contributed by atoms with van der Waals surface area (Å²) in [5, 5.41) is 11.8. The van der Waals surface area contributed by atoms with Crippen molar-refractivity contribution in [2.24, 2.45) is 0 Å². The fourth-order valence-electron chi connectivity index (χ4n) is 5.10. The van der Waals surface area contributed by atoms with Crippen molar-refractivity contribution in [2.45, 2.75) is 45.7 Å². The van der Waals surface area contributed by atoms with Crippen molar-refractivity contribution in [2.75, 3.05) is 30.7 Å². The maximum absolute atomic E-state index is 13.0. The number of carbonyl (C=O) groups is 1. The summed E-state index contributed by atoms with van der Waals surface area (Å²) in [6.07, 6.45) is 4.86. The van der Waals surface area contributed by atoms with Gasteiger partial charge in [0.1, 0.15) is 0 Å². The van der Waals surface area contributed by atoms with Crippen molar-refractivity contribution in [1.29, 1.82) is 5.41 Å².